The molecule has 0 unspecified atom stereocenters. The number of carboxylic acids is 1. The van der Waals surface area contributed by atoms with Crippen molar-refractivity contribution in [2.24, 2.45) is 5.92 Å². The Kier molecular flexibility index (Phi) is 3.33. The Morgan fingerprint density at radius 3 is 3.00 bits per heavy atom. The first-order valence-electron chi connectivity index (χ1n) is 5.34. The van der Waals surface area contributed by atoms with E-state index >= 15 is 0 Å². The molecule has 0 aliphatic carbocycles. The van der Waals surface area contributed by atoms with E-state index in [9.17, 15) is 4.79 Å². The van der Waals surface area contributed by atoms with Crippen molar-refractivity contribution in [1.29, 1.82) is 0 Å². The van der Waals surface area contributed by atoms with E-state index in [-0.39, 0.29) is 17.0 Å². The Balaban J connectivity index is 2.18. The van der Waals surface area contributed by atoms with Crippen molar-refractivity contribution in [2.45, 2.75) is 12.8 Å². The van der Waals surface area contributed by atoms with Crippen molar-refractivity contribution in [2.75, 3.05) is 23.7 Å². The molecular formula is C10H13ClN4O2. The van der Waals surface area contributed by atoms with Crippen molar-refractivity contribution in [3.63, 3.8) is 0 Å². The fraction of sp³-hybridized carbons (Fsp3) is 0.500. The molecular weight excluding hydrogens is 244 g/mol. The second-order valence-corrected chi connectivity index (χ2v) is 4.42. The number of aliphatic carboxylic acids is 1. The number of halogens is 1. The number of carboxylic acid groups (broad SMARTS) is 1. The van der Waals surface area contributed by atoms with Gasteiger partial charge in [0.25, 0.3) is 0 Å². The van der Waals surface area contributed by atoms with E-state index in [0.29, 0.717) is 18.8 Å². The normalized spacial score (nSPS) is 20.3. The van der Waals surface area contributed by atoms with Gasteiger partial charge < -0.3 is 15.7 Å². The van der Waals surface area contributed by atoms with Gasteiger partial charge in [-0.15, -0.1) is 0 Å². The number of piperidine rings is 1. The lowest BCUT2D eigenvalue weighted by Gasteiger charge is -2.31. The van der Waals surface area contributed by atoms with Crippen molar-refractivity contribution >= 4 is 29.3 Å². The number of anilines is 2. The molecule has 2 rings (SSSR count). The Morgan fingerprint density at radius 2 is 2.35 bits per heavy atom. The van der Waals surface area contributed by atoms with Gasteiger partial charge in [-0.1, -0.05) is 11.6 Å². The highest BCUT2D eigenvalue weighted by molar-refractivity contribution is 6.29. The van der Waals surface area contributed by atoms with Gasteiger partial charge in [-0.05, 0) is 12.8 Å². The average molecular weight is 257 g/mol. The molecule has 7 heteroatoms. The monoisotopic (exact) mass is 256 g/mol. The topological polar surface area (TPSA) is 92.3 Å². The van der Waals surface area contributed by atoms with Crippen LogP contribution in [0.4, 0.5) is 11.8 Å². The predicted octanol–water partition coefficient (Wildman–Crippen LogP) is 1.01. The van der Waals surface area contributed by atoms with Gasteiger partial charge in [0.2, 0.25) is 5.95 Å². The lowest BCUT2D eigenvalue weighted by molar-refractivity contribution is -0.141. The van der Waals surface area contributed by atoms with Crippen LogP contribution in [0.5, 0.6) is 0 Å². The molecule has 3 N–H and O–H groups in total. The van der Waals surface area contributed by atoms with Crippen LogP contribution in [0.3, 0.4) is 0 Å². The zero-order chi connectivity index (χ0) is 12.4. The minimum absolute atomic E-state index is 0.102. The Labute approximate surface area is 103 Å². The third-order valence-corrected chi connectivity index (χ3v) is 2.99. The zero-order valence-corrected chi connectivity index (χ0v) is 9.89. The van der Waals surface area contributed by atoms with Crippen molar-refractivity contribution in [3.8, 4) is 0 Å². The summed E-state index contributed by atoms with van der Waals surface area (Å²) in [6.45, 7) is 1.19. The first-order valence-corrected chi connectivity index (χ1v) is 5.72. The summed E-state index contributed by atoms with van der Waals surface area (Å²) >= 11 is 5.79. The number of nitrogen functional groups attached to an aromatic ring is 1. The Bertz CT molecular complexity index is 420. The average Bonchev–Trinajstić information content (AvgIpc) is 2.28. The van der Waals surface area contributed by atoms with Gasteiger partial charge >= 0.3 is 5.97 Å². The quantitative estimate of drug-likeness (QED) is 0.768. The highest BCUT2D eigenvalue weighted by Gasteiger charge is 2.26. The smallest absolute Gasteiger partial charge is 0.308 e. The molecule has 1 saturated heterocycles. The second kappa shape index (κ2) is 4.75. The van der Waals surface area contributed by atoms with E-state index in [1.165, 1.54) is 0 Å². The van der Waals surface area contributed by atoms with Crippen molar-refractivity contribution < 1.29 is 9.90 Å². The van der Waals surface area contributed by atoms with Crippen LogP contribution in [-0.2, 0) is 4.79 Å². The fourth-order valence-corrected chi connectivity index (χ4v) is 2.16. The molecule has 0 amide bonds. The summed E-state index contributed by atoms with van der Waals surface area (Å²) in [5, 5.41) is 9.27. The highest BCUT2D eigenvalue weighted by Crippen LogP contribution is 2.23. The molecule has 1 aliphatic heterocycles. The fourth-order valence-electron chi connectivity index (χ4n) is 1.97. The zero-order valence-electron chi connectivity index (χ0n) is 9.14. The lowest BCUT2D eigenvalue weighted by Crippen LogP contribution is -2.39. The maximum absolute atomic E-state index is 11.0. The van der Waals surface area contributed by atoms with Crippen LogP contribution in [0.15, 0.2) is 6.07 Å². The van der Waals surface area contributed by atoms with Gasteiger partial charge in [0.1, 0.15) is 11.0 Å². The van der Waals surface area contributed by atoms with Gasteiger partial charge in [-0.25, -0.2) is 4.98 Å². The molecule has 0 saturated carbocycles. The van der Waals surface area contributed by atoms with Crippen LogP contribution in [0.25, 0.3) is 0 Å². The molecule has 2 heterocycles. The summed E-state index contributed by atoms with van der Waals surface area (Å²) in [5.41, 5.74) is 5.51. The molecule has 1 atom stereocenters. The number of rotatable bonds is 2. The maximum Gasteiger partial charge on any atom is 0.308 e. The van der Waals surface area contributed by atoms with E-state index in [1.807, 2.05) is 4.90 Å². The lowest BCUT2D eigenvalue weighted by atomic mass is 9.98. The summed E-state index contributed by atoms with van der Waals surface area (Å²) in [6, 6.07) is 1.60. The van der Waals surface area contributed by atoms with Gasteiger partial charge in [0.05, 0.1) is 5.92 Å². The predicted molar refractivity (Wildman–Crippen MR) is 64.0 cm³/mol. The van der Waals surface area contributed by atoms with Crippen LogP contribution in [0, 0.1) is 5.92 Å². The third kappa shape index (κ3) is 2.76. The summed E-state index contributed by atoms with van der Waals surface area (Å²) in [4.78, 5) is 20.7. The van der Waals surface area contributed by atoms with Gasteiger partial charge in [-0.3, -0.25) is 4.79 Å². The third-order valence-electron chi connectivity index (χ3n) is 2.79. The molecule has 1 aromatic heterocycles. The van der Waals surface area contributed by atoms with Crippen LogP contribution < -0.4 is 10.6 Å². The number of hydrogen-bond acceptors (Lipinski definition) is 5. The molecule has 1 aliphatic rings. The SMILES string of the molecule is Nc1nc(Cl)cc(N2CCC[C@@H](C(=O)O)C2)n1. The van der Waals surface area contributed by atoms with Crippen molar-refractivity contribution in [1.82, 2.24) is 9.97 Å². The molecule has 6 nitrogen and oxygen atoms in total. The Hall–Kier alpha value is -1.56. The number of carbonyl (C=O) groups is 1. The molecule has 1 aromatic rings. The molecule has 0 bridgehead atoms. The Morgan fingerprint density at radius 1 is 1.59 bits per heavy atom. The molecule has 17 heavy (non-hydrogen) atoms. The van der Waals surface area contributed by atoms with Crippen LogP contribution >= 0.6 is 11.6 Å². The van der Waals surface area contributed by atoms with Gasteiger partial charge in [0.15, 0.2) is 0 Å². The molecule has 0 radical (unpaired) electrons. The maximum atomic E-state index is 11.0. The minimum Gasteiger partial charge on any atom is -0.481 e. The molecule has 0 spiro atoms. The second-order valence-electron chi connectivity index (χ2n) is 4.03. The van der Waals surface area contributed by atoms with E-state index in [4.69, 9.17) is 22.4 Å². The summed E-state index contributed by atoms with van der Waals surface area (Å²) in [6.07, 6.45) is 1.51. The van der Waals surface area contributed by atoms with Crippen LogP contribution in [0.2, 0.25) is 5.15 Å². The molecule has 0 aromatic carbocycles. The van der Waals surface area contributed by atoms with Crippen LogP contribution in [-0.4, -0.2) is 34.1 Å². The number of hydrogen-bond donors (Lipinski definition) is 2. The first-order chi connectivity index (χ1) is 8.06. The van der Waals surface area contributed by atoms with Gasteiger partial charge in [0, 0.05) is 19.2 Å². The van der Waals surface area contributed by atoms with E-state index in [0.717, 1.165) is 13.0 Å². The standard InChI is InChI=1S/C10H13ClN4O2/c11-7-4-8(14-10(12)13-7)15-3-1-2-6(5-15)9(16)17/h4,6H,1-3,5H2,(H,16,17)(H2,12,13,14)/t6-/m1/s1. The number of nitrogens with two attached hydrogens (primary N) is 1. The van der Waals surface area contributed by atoms with Crippen molar-refractivity contribution in [3.05, 3.63) is 11.2 Å². The summed E-state index contributed by atoms with van der Waals surface area (Å²) < 4.78 is 0. The molecule has 1 fully saturated rings. The van der Waals surface area contributed by atoms with Gasteiger partial charge in [-0.2, -0.15) is 4.98 Å². The first kappa shape index (κ1) is 11.9. The molecule has 92 valence electrons. The highest BCUT2D eigenvalue weighted by atomic mass is 35.5. The van der Waals surface area contributed by atoms with E-state index in [2.05, 4.69) is 9.97 Å². The van der Waals surface area contributed by atoms with E-state index in [1.54, 1.807) is 6.07 Å². The van der Waals surface area contributed by atoms with Crippen LogP contribution in [0.1, 0.15) is 12.8 Å². The number of nitrogens with zero attached hydrogens (tertiary/aromatic N) is 3. The minimum atomic E-state index is -0.775. The summed E-state index contributed by atoms with van der Waals surface area (Å²) in [7, 11) is 0. The summed E-state index contributed by atoms with van der Waals surface area (Å²) in [5.74, 6) is -0.445. The van der Waals surface area contributed by atoms with E-state index < -0.39 is 5.97 Å². The largest absolute Gasteiger partial charge is 0.481 e. The number of aromatic nitrogens is 2.